The Hall–Kier alpha value is -3.08. The van der Waals surface area contributed by atoms with Gasteiger partial charge in [0.2, 0.25) is 11.8 Å². The summed E-state index contributed by atoms with van der Waals surface area (Å²) >= 11 is 0. The average molecular weight is 378 g/mol. The molecule has 5 nitrogen and oxygen atoms in total. The zero-order valence-electron chi connectivity index (χ0n) is 16.3. The van der Waals surface area contributed by atoms with Crippen LogP contribution in [0.15, 0.2) is 60.7 Å². The molecule has 0 aliphatic carbocycles. The highest BCUT2D eigenvalue weighted by Crippen LogP contribution is 2.18. The van der Waals surface area contributed by atoms with Gasteiger partial charge in [-0.1, -0.05) is 56.3 Å². The van der Waals surface area contributed by atoms with Crippen molar-refractivity contribution in [3.8, 4) is 5.75 Å². The molecule has 1 aliphatic rings. The Morgan fingerprint density at radius 2 is 2.00 bits per heavy atom. The second kappa shape index (κ2) is 9.22. The zero-order valence-corrected chi connectivity index (χ0v) is 16.3. The summed E-state index contributed by atoms with van der Waals surface area (Å²) in [5.41, 5.74) is 1.98. The number of carbonyl (C=O) groups is 2. The van der Waals surface area contributed by atoms with E-state index in [9.17, 15) is 9.59 Å². The van der Waals surface area contributed by atoms with E-state index in [1.807, 2.05) is 68.4 Å². The molecular weight excluding hydrogens is 352 g/mol. The van der Waals surface area contributed by atoms with Gasteiger partial charge in [0, 0.05) is 19.2 Å². The van der Waals surface area contributed by atoms with Gasteiger partial charge in [-0.05, 0) is 35.3 Å². The fourth-order valence-corrected chi connectivity index (χ4v) is 3.31. The smallest absolute Gasteiger partial charge is 0.247 e. The molecule has 1 aliphatic heterocycles. The SMILES string of the molecule is CC(C)C1C(=O)NCCN1C(=O)/C=C/c1cccc(OCc2ccccc2)c1. The molecule has 146 valence electrons. The lowest BCUT2D eigenvalue weighted by Crippen LogP contribution is -2.58. The molecule has 5 heteroatoms. The van der Waals surface area contributed by atoms with E-state index in [2.05, 4.69) is 5.32 Å². The van der Waals surface area contributed by atoms with Crippen molar-refractivity contribution in [1.29, 1.82) is 0 Å². The first-order valence-corrected chi connectivity index (χ1v) is 9.58. The summed E-state index contributed by atoms with van der Waals surface area (Å²) < 4.78 is 5.84. The average Bonchev–Trinajstić information content (AvgIpc) is 2.71. The number of nitrogens with one attached hydrogen (secondary N) is 1. The number of benzene rings is 2. The first-order valence-electron chi connectivity index (χ1n) is 9.58. The number of nitrogens with zero attached hydrogens (tertiary/aromatic N) is 1. The number of rotatable bonds is 6. The minimum absolute atomic E-state index is 0.0624. The Bertz CT molecular complexity index is 846. The van der Waals surface area contributed by atoms with E-state index < -0.39 is 6.04 Å². The molecule has 1 atom stereocenters. The summed E-state index contributed by atoms with van der Waals surface area (Å²) in [4.78, 5) is 26.4. The molecule has 1 N–H and O–H groups in total. The fourth-order valence-electron chi connectivity index (χ4n) is 3.31. The van der Waals surface area contributed by atoms with Gasteiger partial charge < -0.3 is 15.0 Å². The van der Waals surface area contributed by atoms with Crippen LogP contribution in [0.4, 0.5) is 0 Å². The Morgan fingerprint density at radius 1 is 1.21 bits per heavy atom. The maximum atomic E-state index is 12.7. The van der Waals surface area contributed by atoms with E-state index in [1.54, 1.807) is 11.0 Å². The minimum atomic E-state index is -0.425. The molecule has 0 bridgehead atoms. The van der Waals surface area contributed by atoms with Gasteiger partial charge in [-0.25, -0.2) is 0 Å². The molecule has 1 heterocycles. The minimum Gasteiger partial charge on any atom is -0.489 e. The lowest BCUT2D eigenvalue weighted by Gasteiger charge is -2.36. The third-order valence-electron chi connectivity index (χ3n) is 4.70. The van der Waals surface area contributed by atoms with Crippen molar-refractivity contribution in [1.82, 2.24) is 10.2 Å². The van der Waals surface area contributed by atoms with Crippen molar-refractivity contribution >= 4 is 17.9 Å². The van der Waals surface area contributed by atoms with Crippen LogP contribution in [0.5, 0.6) is 5.75 Å². The Labute approximate surface area is 166 Å². The first-order chi connectivity index (χ1) is 13.5. The van der Waals surface area contributed by atoms with Gasteiger partial charge in [-0.3, -0.25) is 9.59 Å². The van der Waals surface area contributed by atoms with E-state index in [-0.39, 0.29) is 17.7 Å². The van der Waals surface area contributed by atoms with Crippen LogP contribution in [0, 0.1) is 5.92 Å². The summed E-state index contributed by atoms with van der Waals surface area (Å²) in [5, 5.41) is 2.83. The largest absolute Gasteiger partial charge is 0.489 e. The van der Waals surface area contributed by atoms with Crippen molar-refractivity contribution in [2.24, 2.45) is 5.92 Å². The van der Waals surface area contributed by atoms with E-state index >= 15 is 0 Å². The van der Waals surface area contributed by atoms with Crippen molar-refractivity contribution in [3.05, 3.63) is 71.8 Å². The second-order valence-electron chi connectivity index (χ2n) is 7.19. The molecule has 0 radical (unpaired) electrons. The van der Waals surface area contributed by atoms with E-state index in [1.165, 1.54) is 6.08 Å². The Kier molecular flexibility index (Phi) is 6.48. The highest BCUT2D eigenvalue weighted by atomic mass is 16.5. The molecule has 3 rings (SSSR count). The van der Waals surface area contributed by atoms with Crippen molar-refractivity contribution in [2.75, 3.05) is 13.1 Å². The van der Waals surface area contributed by atoms with Gasteiger partial charge in [0.15, 0.2) is 0 Å². The highest BCUT2D eigenvalue weighted by Gasteiger charge is 2.34. The van der Waals surface area contributed by atoms with Crippen LogP contribution in [0.25, 0.3) is 6.08 Å². The van der Waals surface area contributed by atoms with Gasteiger partial charge in [0.25, 0.3) is 0 Å². The van der Waals surface area contributed by atoms with E-state index in [0.29, 0.717) is 19.7 Å². The number of amides is 2. The van der Waals surface area contributed by atoms with Gasteiger partial charge in [0.1, 0.15) is 18.4 Å². The second-order valence-corrected chi connectivity index (χ2v) is 7.19. The quantitative estimate of drug-likeness (QED) is 0.785. The van der Waals surface area contributed by atoms with Crippen molar-refractivity contribution < 1.29 is 14.3 Å². The summed E-state index contributed by atoms with van der Waals surface area (Å²) in [6, 6.07) is 17.2. The van der Waals surface area contributed by atoms with E-state index in [4.69, 9.17) is 4.74 Å². The number of hydrogen-bond acceptors (Lipinski definition) is 3. The summed E-state index contributed by atoms with van der Waals surface area (Å²) in [6.07, 6.45) is 3.30. The standard InChI is InChI=1S/C23H26N2O3/c1-17(2)22-23(27)24-13-14-25(22)21(26)12-11-18-9-6-10-20(15-18)28-16-19-7-4-3-5-8-19/h3-12,15,17,22H,13-14,16H2,1-2H3,(H,24,27)/b12-11+. The van der Waals surface area contributed by atoms with Gasteiger partial charge in [-0.15, -0.1) is 0 Å². The normalized spacial score (nSPS) is 17.0. The Balaban J connectivity index is 1.65. The van der Waals surface area contributed by atoms with Gasteiger partial charge in [0.05, 0.1) is 0 Å². The first kappa shape index (κ1) is 19.7. The molecule has 2 amide bonds. The van der Waals surface area contributed by atoms with Crippen LogP contribution in [0.2, 0.25) is 0 Å². The summed E-state index contributed by atoms with van der Waals surface area (Å²) in [7, 11) is 0. The molecule has 0 saturated carbocycles. The maximum absolute atomic E-state index is 12.7. The summed E-state index contributed by atoms with van der Waals surface area (Å²) in [6.45, 7) is 5.41. The van der Waals surface area contributed by atoms with E-state index in [0.717, 1.165) is 16.9 Å². The fraction of sp³-hybridized carbons (Fsp3) is 0.304. The van der Waals surface area contributed by atoms with Crippen LogP contribution < -0.4 is 10.1 Å². The van der Waals surface area contributed by atoms with Crippen LogP contribution in [-0.2, 0) is 16.2 Å². The molecule has 1 unspecified atom stereocenters. The predicted molar refractivity (Wildman–Crippen MR) is 110 cm³/mol. The molecule has 2 aromatic rings. The lowest BCUT2D eigenvalue weighted by atomic mass is 9.99. The van der Waals surface area contributed by atoms with Gasteiger partial charge >= 0.3 is 0 Å². The van der Waals surface area contributed by atoms with Crippen LogP contribution in [-0.4, -0.2) is 35.8 Å². The predicted octanol–water partition coefficient (Wildman–Crippen LogP) is 3.26. The third kappa shape index (κ3) is 5.00. The molecule has 0 aromatic heterocycles. The molecule has 28 heavy (non-hydrogen) atoms. The lowest BCUT2D eigenvalue weighted by molar-refractivity contribution is -0.141. The maximum Gasteiger partial charge on any atom is 0.247 e. The number of piperazine rings is 1. The molecule has 2 aromatic carbocycles. The molecule has 1 saturated heterocycles. The van der Waals surface area contributed by atoms with Crippen LogP contribution in [0.1, 0.15) is 25.0 Å². The topological polar surface area (TPSA) is 58.6 Å². The number of carbonyl (C=O) groups excluding carboxylic acids is 2. The third-order valence-corrected chi connectivity index (χ3v) is 4.70. The molecule has 1 fully saturated rings. The number of hydrogen-bond donors (Lipinski definition) is 1. The monoisotopic (exact) mass is 378 g/mol. The molecular formula is C23H26N2O3. The highest BCUT2D eigenvalue weighted by molar-refractivity contribution is 5.96. The van der Waals surface area contributed by atoms with Crippen LogP contribution in [0.3, 0.4) is 0 Å². The van der Waals surface area contributed by atoms with Crippen LogP contribution >= 0.6 is 0 Å². The summed E-state index contributed by atoms with van der Waals surface area (Å²) in [5.74, 6) is 0.576. The molecule has 0 spiro atoms. The van der Waals surface area contributed by atoms with Crippen molar-refractivity contribution in [2.45, 2.75) is 26.5 Å². The van der Waals surface area contributed by atoms with Crippen molar-refractivity contribution in [3.63, 3.8) is 0 Å². The number of ether oxygens (including phenoxy) is 1. The van der Waals surface area contributed by atoms with Gasteiger partial charge in [-0.2, -0.15) is 0 Å². The Morgan fingerprint density at radius 3 is 2.75 bits per heavy atom. The zero-order chi connectivity index (χ0) is 19.9.